The molecule has 2 aromatic rings. The molecule has 30 heavy (non-hydrogen) atoms. The van der Waals surface area contributed by atoms with Gasteiger partial charge < -0.3 is 4.90 Å². The summed E-state index contributed by atoms with van der Waals surface area (Å²) in [6.45, 7) is 5.28. The Morgan fingerprint density at radius 3 is 2.70 bits per heavy atom. The molecule has 1 unspecified atom stereocenters. The van der Waals surface area contributed by atoms with Crippen LogP contribution in [0, 0.1) is 5.92 Å². The van der Waals surface area contributed by atoms with Crippen LogP contribution >= 0.6 is 0 Å². The second-order valence-corrected chi connectivity index (χ2v) is 9.26. The number of anilines is 1. The van der Waals surface area contributed by atoms with Crippen molar-refractivity contribution in [3.05, 3.63) is 88.6 Å². The zero-order chi connectivity index (χ0) is 20.3. The first kappa shape index (κ1) is 18.1. The standard InChI is InChI=1S/C27H28N2O/c1-2-19-14-21-15-22(18-30)26-27(12-13-28(16-19)25(21)27)23-10-6-7-11-24(23)29(26)17-20-8-4-3-5-9-20/h3-11,14,18,21,25H,2,12-13,15-17H2,1H3/t21-,25-,27?/m0/s1. The normalized spacial score (nSPS) is 29.4. The topological polar surface area (TPSA) is 23.6 Å². The highest BCUT2D eigenvalue weighted by molar-refractivity contribution is 5.84. The highest BCUT2D eigenvalue weighted by atomic mass is 16.1. The highest BCUT2D eigenvalue weighted by Gasteiger charge is 2.62. The number of carbonyl (C=O) groups excluding carboxylic acids is 1. The molecule has 4 aliphatic rings. The Morgan fingerprint density at radius 1 is 1.10 bits per heavy atom. The van der Waals surface area contributed by atoms with Gasteiger partial charge >= 0.3 is 0 Å². The Hall–Kier alpha value is -2.65. The fourth-order valence-electron chi connectivity index (χ4n) is 6.81. The lowest BCUT2D eigenvalue weighted by Gasteiger charge is -2.48. The first-order valence-corrected chi connectivity index (χ1v) is 11.3. The molecule has 1 fully saturated rings. The van der Waals surface area contributed by atoms with E-state index in [1.807, 2.05) is 0 Å². The van der Waals surface area contributed by atoms with Crippen LogP contribution in [-0.4, -0.2) is 30.3 Å². The van der Waals surface area contributed by atoms with E-state index >= 15 is 0 Å². The molecule has 0 saturated carbocycles. The van der Waals surface area contributed by atoms with Crippen LogP contribution in [0.2, 0.25) is 0 Å². The summed E-state index contributed by atoms with van der Waals surface area (Å²) in [5.41, 5.74) is 7.80. The lowest BCUT2D eigenvalue weighted by Crippen LogP contribution is -2.53. The van der Waals surface area contributed by atoms with Gasteiger partial charge in [0.25, 0.3) is 0 Å². The molecule has 3 heterocycles. The Kier molecular flexibility index (Phi) is 4.04. The molecule has 0 amide bonds. The van der Waals surface area contributed by atoms with Gasteiger partial charge in [0.1, 0.15) is 6.29 Å². The van der Waals surface area contributed by atoms with Crippen molar-refractivity contribution >= 4 is 12.0 Å². The summed E-state index contributed by atoms with van der Waals surface area (Å²) in [7, 11) is 0. The fraction of sp³-hybridized carbons (Fsp3) is 0.370. The molecule has 0 radical (unpaired) electrons. The number of rotatable bonds is 4. The van der Waals surface area contributed by atoms with Gasteiger partial charge in [0, 0.05) is 42.6 Å². The Bertz CT molecular complexity index is 1070. The van der Waals surface area contributed by atoms with E-state index in [4.69, 9.17) is 0 Å². The molecule has 1 spiro atoms. The van der Waals surface area contributed by atoms with Gasteiger partial charge in [0.05, 0.1) is 5.41 Å². The van der Waals surface area contributed by atoms with E-state index in [1.165, 1.54) is 28.1 Å². The van der Waals surface area contributed by atoms with Gasteiger partial charge in [-0.1, -0.05) is 67.1 Å². The monoisotopic (exact) mass is 396 g/mol. The minimum Gasteiger partial charge on any atom is -0.339 e. The van der Waals surface area contributed by atoms with Gasteiger partial charge in [0.2, 0.25) is 0 Å². The lowest BCUT2D eigenvalue weighted by atomic mass is 9.62. The van der Waals surface area contributed by atoms with Crippen LogP contribution in [0.4, 0.5) is 5.69 Å². The molecule has 0 N–H and O–H groups in total. The summed E-state index contributed by atoms with van der Waals surface area (Å²) >= 11 is 0. The van der Waals surface area contributed by atoms with Crippen molar-refractivity contribution in [3.63, 3.8) is 0 Å². The quantitative estimate of drug-likeness (QED) is 0.546. The molecule has 3 aliphatic heterocycles. The predicted molar refractivity (Wildman–Crippen MR) is 120 cm³/mol. The second-order valence-electron chi connectivity index (χ2n) is 9.26. The number of nitrogens with zero attached hydrogens (tertiary/aromatic N) is 2. The molecular weight excluding hydrogens is 368 g/mol. The van der Waals surface area contributed by atoms with Crippen LogP contribution in [-0.2, 0) is 16.8 Å². The van der Waals surface area contributed by atoms with E-state index in [-0.39, 0.29) is 5.41 Å². The molecule has 2 aromatic carbocycles. The molecular formula is C27H28N2O. The summed E-state index contributed by atoms with van der Waals surface area (Å²) in [6, 6.07) is 20.0. The molecule has 0 aromatic heterocycles. The first-order chi connectivity index (χ1) is 14.8. The number of hydrogen-bond donors (Lipinski definition) is 0. The van der Waals surface area contributed by atoms with Crippen molar-refractivity contribution in [2.24, 2.45) is 5.92 Å². The van der Waals surface area contributed by atoms with Crippen molar-refractivity contribution in [3.8, 4) is 0 Å². The van der Waals surface area contributed by atoms with Crippen molar-refractivity contribution in [2.75, 3.05) is 18.0 Å². The molecule has 3 atom stereocenters. The van der Waals surface area contributed by atoms with Crippen molar-refractivity contribution in [2.45, 2.75) is 44.2 Å². The molecule has 6 rings (SSSR count). The third kappa shape index (κ3) is 2.33. The van der Waals surface area contributed by atoms with E-state index in [2.05, 4.69) is 77.4 Å². The van der Waals surface area contributed by atoms with E-state index in [1.54, 1.807) is 0 Å². The lowest BCUT2D eigenvalue weighted by molar-refractivity contribution is -0.105. The van der Waals surface area contributed by atoms with Crippen molar-refractivity contribution in [1.82, 2.24) is 4.90 Å². The SMILES string of the molecule is CCC1=C[C@H]2CC(C=O)=C3N(Cc4ccccc4)c4ccccc4C34CCN(C1)[C@@H]24. The number of hydrogen-bond acceptors (Lipinski definition) is 3. The third-order valence-electron chi connectivity index (χ3n) is 7.86. The van der Waals surface area contributed by atoms with Crippen molar-refractivity contribution < 1.29 is 4.79 Å². The average Bonchev–Trinajstić information content (AvgIpc) is 3.31. The van der Waals surface area contributed by atoms with Crippen LogP contribution in [0.25, 0.3) is 0 Å². The molecule has 3 nitrogen and oxygen atoms in total. The Morgan fingerprint density at radius 2 is 1.90 bits per heavy atom. The maximum Gasteiger partial charge on any atom is 0.147 e. The van der Waals surface area contributed by atoms with Crippen LogP contribution in [0.1, 0.15) is 37.3 Å². The smallest absolute Gasteiger partial charge is 0.147 e. The summed E-state index contributed by atoms with van der Waals surface area (Å²) in [5.74, 6) is 0.435. The first-order valence-electron chi connectivity index (χ1n) is 11.3. The van der Waals surface area contributed by atoms with Gasteiger partial charge in [-0.2, -0.15) is 0 Å². The van der Waals surface area contributed by atoms with E-state index in [0.717, 1.165) is 50.8 Å². The molecule has 1 saturated heterocycles. The largest absolute Gasteiger partial charge is 0.339 e. The van der Waals surface area contributed by atoms with Crippen LogP contribution in [0.15, 0.2) is 77.5 Å². The summed E-state index contributed by atoms with van der Waals surface area (Å²) in [5, 5.41) is 0. The number of carbonyl (C=O) groups is 1. The number of aldehydes is 1. The van der Waals surface area contributed by atoms with Gasteiger partial charge in [-0.05, 0) is 42.4 Å². The second kappa shape index (κ2) is 6.68. The third-order valence-corrected chi connectivity index (χ3v) is 7.86. The van der Waals surface area contributed by atoms with Crippen molar-refractivity contribution in [1.29, 1.82) is 0 Å². The average molecular weight is 397 g/mol. The number of para-hydroxylation sites is 1. The predicted octanol–water partition coefficient (Wildman–Crippen LogP) is 4.84. The minimum absolute atomic E-state index is 0.0553. The van der Waals surface area contributed by atoms with Gasteiger partial charge in [0.15, 0.2) is 0 Å². The van der Waals surface area contributed by atoms with E-state index < -0.39 is 0 Å². The maximum atomic E-state index is 12.4. The van der Waals surface area contributed by atoms with E-state index in [9.17, 15) is 4.79 Å². The van der Waals surface area contributed by atoms with Crippen LogP contribution < -0.4 is 4.90 Å². The Labute approximate surface area is 178 Å². The van der Waals surface area contributed by atoms with Crippen LogP contribution in [0.5, 0.6) is 0 Å². The summed E-state index contributed by atoms with van der Waals surface area (Å²) < 4.78 is 0. The van der Waals surface area contributed by atoms with Gasteiger partial charge in [-0.25, -0.2) is 0 Å². The molecule has 3 heteroatoms. The zero-order valence-corrected chi connectivity index (χ0v) is 17.6. The fourth-order valence-corrected chi connectivity index (χ4v) is 6.81. The molecule has 152 valence electrons. The summed E-state index contributed by atoms with van der Waals surface area (Å²) in [4.78, 5) is 17.6. The summed E-state index contributed by atoms with van der Waals surface area (Å²) in [6.07, 6.45) is 6.75. The number of fused-ring (bicyclic) bond motifs is 1. The maximum absolute atomic E-state index is 12.4. The number of allylic oxidation sites excluding steroid dienone is 1. The van der Waals surface area contributed by atoms with Gasteiger partial charge in [-0.3, -0.25) is 9.69 Å². The Balaban J connectivity index is 1.57. The van der Waals surface area contributed by atoms with E-state index in [0.29, 0.717) is 12.0 Å². The molecule has 1 aliphatic carbocycles. The zero-order valence-electron chi connectivity index (χ0n) is 17.6. The van der Waals surface area contributed by atoms with Gasteiger partial charge in [-0.15, -0.1) is 0 Å². The van der Waals surface area contributed by atoms with Crippen LogP contribution in [0.3, 0.4) is 0 Å². The minimum atomic E-state index is -0.0553. The number of benzene rings is 2. The highest BCUT2D eigenvalue weighted by Crippen LogP contribution is 2.62. The molecule has 0 bridgehead atoms.